The fourth-order valence-corrected chi connectivity index (χ4v) is 0.756. The molecule has 2 aromatic rings. The maximum absolute atomic E-state index is 10.5. The van der Waals surface area contributed by atoms with Crippen molar-refractivity contribution in [3.63, 3.8) is 0 Å². The Balaban J connectivity index is 2.74. The summed E-state index contributed by atoms with van der Waals surface area (Å²) in [5.74, 6) is 0. The van der Waals surface area contributed by atoms with Gasteiger partial charge in [-0.25, -0.2) is 4.98 Å². The highest BCUT2D eigenvalue weighted by molar-refractivity contribution is 5.54. The van der Waals surface area contributed by atoms with Crippen molar-refractivity contribution in [2.45, 2.75) is 0 Å². The van der Waals surface area contributed by atoms with Gasteiger partial charge in [0, 0.05) is 6.20 Å². The summed E-state index contributed by atoms with van der Waals surface area (Å²) in [4.78, 5) is 14.4. The molecular weight excluding hydrogens is 116 g/mol. The molecule has 2 aromatic heterocycles. The smallest absolute Gasteiger partial charge is 0.265 e. The summed E-state index contributed by atoms with van der Waals surface area (Å²) < 4.78 is 1.50. The first-order valence-corrected chi connectivity index (χ1v) is 2.59. The van der Waals surface area contributed by atoms with Crippen molar-refractivity contribution in [1.29, 1.82) is 0 Å². The Morgan fingerprint density at radius 1 is 1.78 bits per heavy atom. The summed E-state index contributed by atoms with van der Waals surface area (Å²) in [6.07, 6.45) is 3.29. The fraction of sp³-hybridized carbons (Fsp3) is 0. The van der Waals surface area contributed by atoms with Crippen molar-refractivity contribution in [3.05, 3.63) is 28.8 Å². The van der Waals surface area contributed by atoms with Crippen LogP contribution in [0.15, 0.2) is 17.6 Å². The Kier molecular flexibility index (Phi) is 0.563. The summed E-state index contributed by atoms with van der Waals surface area (Å²) in [7, 11) is 0. The molecule has 0 amide bonds. The molecule has 0 saturated carbocycles. The molecule has 0 fully saturated rings. The molecular formula is C6H4N2O. The fourth-order valence-electron chi connectivity index (χ4n) is 0.756. The molecule has 0 radical (unpaired) electrons. The average molecular weight is 120 g/mol. The zero-order chi connectivity index (χ0) is 6.43. The molecule has 0 bridgehead atoms. The van der Waals surface area contributed by atoms with E-state index in [2.05, 4.69) is 11.6 Å². The van der Waals surface area contributed by atoms with Crippen LogP contribution in [0.1, 0.15) is 5.69 Å². The lowest BCUT2D eigenvalue weighted by Crippen LogP contribution is -1.84. The number of fused-ring (bicyclic) bond motifs is 1. The number of rotatable bonds is 1. The number of imidazole rings is 1. The predicted molar refractivity (Wildman–Crippen MR) is 33.9 cm³/mol. The molecule has 3 heteroatoms. The zero-order valence-corrected chi connectivity index (χ0v) is 4.66. The third kappa shape index (κ3) is 0.408. The van der Waals surface area contributed by atoms with E-state index < -0.39 is 0 Å². The van der Waals surface area contributed by atoms with Gasteiger partial charge in [0.25, 0.3) is 5.56 Å². The second-order valence-electron chi connectivity index (χ2n) is 1.87. The Bertz CT molecular complexity index is 346. The SMILES string of the molecule is C=Cc1cn2c(=O)c2n1. The van der Waals surface area contributed by atoms with Gasteiger partial charge in [0.2, 0.25) is 5.65 Å². The van der Waals surface area contributed by atoms with Crippen LogP contribution >= 0.6 is 0 Å². The Morgan fingerprint density at radius 3 is 3.00 bits per heavy atom. The summed E-state index contributed by atoms with van der Waals surface area (Å²) in [6.45, 7) is 3.51. The van der Waals surface area contributed by atoms with Crippen molar-refractivity contribution >= 4 is 11.7 Å². The second kappa shape index (κ2) is 1.13. The molecule has 0 atom stereocenters. The summed E-state index contributed by atoms with van der Waals surface area (Å²) >= 11 is 0. The molecule has 0 unspecified atom stereocenters. The van der Waals surface area contributed by atoms with Crippen LogP contribution in [0.5, 0.6) is 0 Å². The van der Waals surface area contributed by atoms with E-state index in [0.717, 1.165) is 5.69 Å². The summed E-state index contributed by atoms with van der Waals surface area (Å²) in [5.41, 5.74) is 1.33. The first-order valence-electron chi connectivity index (χ1n) is 2.59. The minimum absolute atomic E-state index is 0.0144. The Labute approximate surface area is 50.9 Å². The van der Waals surface area contributed by atoms with Crippen LogP contribution in [-0.4, -0.2) is 9.38 Å². The van der Waals surface area contributed by atoms with Crippen molar-refractivity contribution in [2.75, 3.05) is 0 Å². The first-order chi connectivity index (χ1) is 4.33. The van der Waals surface area contributed by atoms with E-state index in [4.69, 9.17) is 0 Å². The second-order valence-corrected chi connectivity index (χ2v) is 1.87. The van der Waals surface area contributed by atoms with E-state index in [1.54, 1.807) is 12.3 Å². The third-order valence-electron chi connectivity index (χ3n) is 1.29. The quantitative estimate of drug-likeness (QED) is 0.539. The van der Waals surface area contributed by atoms with Crippen LogP contribution in [0.3, 0.4) is 0 Å². The predicted octanol–water partition coefficient (Wildman–Crippen LogP) is 0.213. The maximum Gasteiger partial charge on any atom is 0.300 e. The molecule has 0 spiro atoms. The molecule has 3 nitrogen and oxygen atoms in total. The topological polar surface area (TPSA) is 34.4 Å². The zero-order valence-electron chi connectivity index (χ0n) is 4.66. The van der Waals surface area contributed by atoms with E-state index in [1.165, 1.54) is 4.40 Å². The summed E-state index contributed by atoms with van der Waals surface area (Å²) in [5, 5.41) is 0. The number of aromatic nitrogens is 2. The van der Waals surface area contributed by atoms with Gasteiger partial charge < -0.3 is 0 Å². The normalized spacial score (nSPS) is 11.1. The van der Waals surface area contributed by atoms with E-state index in [9.17, 15) is 4.79 Å². The molecule has 0 aliphatic carbocycles. The van der Waals surface area contributed by atoms with Crippen LogP contribution in [-0.2, 0) is 0 Å². The first kappa shape index (κ1) is 4.49. The summed E-state index contributed by atoms with van der Waals surface area (Å²) in [6, 6.07) is 0. The van der Waals surface area contributed by atoms with Gasteiger partial charge in [0.1, 0.15) is 0 Å². The van der Waals surface area contributed by atoms with Crippen LogP contribution < -0.4 is 5.56 Å². The Hall–Kier alpha value is -1.38. The number of nitrogens with zero attached hydrogens (tertiary/aromatic N) is 2. The van der Waals surface area contributed by atoms with Crippen LogP contribution in [0.2, 0.25) is 0 Å². The third-order valence-corrected chi connectivity index (χ3v) is 1.29. The van der Waals surface area contributed by atoms with E-state index in [1.807, 2.05) is 0 Å². The van der Waals surface area contributed by atoms with Crippen molar-refractivity contribution in [1.82, 2.24) is 9.38 Å². The van der Waals surface area contributed by atoms with Crippen molar-refractivity contribution in [3.8, 4) is 0 Å². The van der Waals surface area contributed by atoms with Crippen molar-refractivity contribution < 1.29 is 0 Å². The largest absolute Gasteiger partial charge is 0.300 e. The van der Waals surface area contributed by atoms with E-state index in [-0.39, 0.29) is 5.56 Å². The molecule has 44 valence electrons. The maximum atomic E-state index is 10.5. The molecule has 0 aliphatic rings. The highest BCUT2D eigenvalue weighted by atomic mass is 16.1. The minimum Gasteiger partial charge on any atom is -0.265 e. The van der Waals surface area contributed by atoms with Gasteiger partial charge in [-0.15, -0.1) is 0 Å². The van der Waals surface area contributed by atoms with E-state index in [0.29, 0.717) is 5.65 Å². The van der Waals surface area contributed by atoms with Crippen LogP contribution in [0.25, 0.3) is 11.7 Å². The van der Waals surface area contributed by atoms with Gasteiger partial charge in [0.15, 0.2) is 0 Å². The van der Waals surface area contributed by atoms with Gasteiger partial charge in [-0.2, -0.15) is 0 Å². The molecule has 0 N–H and O–H groups in total. The van der Waals surface area contributed by atoms with Gasteiger partial charge >= 0.3 is 0 Å². The number of hydrogen-bond donors (Lipinski definition) is 0. The lowest BCUT2D eigenvalue weighted by atomic mass is 10.5. The lowest BCUT2D eigenvalue weighted by molar-refractivity contribution is 1.31. The highest BCUT2D eigenvalue weighted by Crippen LogP contribution is 2.03. The average Bonchev–Trinajstić information content (AvgIpc) is 2.32. The molecule has 0 saturated heterocycles. The molecule has 2 heterocycles. The minimum atomic E-state index is 0.0144. The van der Waals surface area contributed by atoms with Gasteiger partial charge in [-0.1, -0.05) is 6.58 Å². The van der Waals surface area contributed by atoms with Crippen LogP contribution in [0, 0.1) is 0 Å². The standard InChI is InChI=1S/C6H4N2O/c1-2-4-3-8-5(7-4)6(8)9/h2-3H,1H2. The monoisotopic (exact) mass is 120 g/mol. The van der Waals surface area contributed by atoms with Gasteiger partial charge in [0.05, 0.1) is 5.69 Å². The highest BCUT2D eigenvalue weighted by Gasteiger charge is 2.13. The van der Waals surface area contributed by atoms with Gasteiger partial charge in [-0.05, 0) is 6.08 Å². The van der Waals surface area contributed by atoms with Crippen molar-refractivity contribution in [2.24, 2.45) is 0 Å². The molecule has 0 aromatic carbocycles. The molecule has 9 heavy (non-hydrogen) atoms. The van der Waals surface area contributed by atoms with Crippen LogP contribution in [0.4, 0.5) is 0 Å². The van der Waals surface area contributed by atoms with Gasteiger partial charge in [-0.3, -0.25) is 9.20 Å². The number of hydrogen-bond acceptors (Lipinski definition) is 2. The Morgan fingerprint density at radius 2 is 2.56 bits per heavy atom. The molecule has 2 rings (SSSR count). The lowest BCUT2D eigenvalue weighted by Gasteiger charge is -1.72. The molecule has 0 aliphatic heterocycles. The van der Waals surface area contributed by atoms with E-state index >= 15 is 0 Å².